The first-order valence-electron chi connectivity index (χ1n) is 5.37. The maximum atomic E-state index is 11.9. The molecule has 1 fully saturated rings. The molecule has 7 nitrogen and oxygen atoms in total. The third kappa shape index (κ3) is 2.38. The third-order valence-electron chi connectivity index (χ3n) is 2.96. The lowest BCUT2D eigenvalue weighted by Crippen LogP contribution is -2.40. The molecule has 1 amide bonds. The van der Waals surface area contributed by atoms with Crippen LogP contribution in [0, 0.1) is 5.92 Å². The minimum Gasteiger partial charge on any atom is -0.481 e. The molecule has 0 bridgehead atoms. The van der Waals surface area contributed by atoms with E-state index in [-0.39, 0.29) is 17.5 Å². The van der Waals surface area contributed by atoms with E-state index < -0.39 is 11.7 Å². The second-order valence-electron chi connectivity index (χ2n) is 4.06. The van der Waals surface area contributed by atoms with Crippen LogP contribution in [0.2, 0.25) is 0 Å². The number of amides is 1. The van der Waals surface area contributed by atoms with E-state index in [9.17, 15) is 14.4 Å². The van der Waals surface area contributed by atoms with E-state index in [4.69, 9.17) is 5.11 Å². The number of nitrogens with zero attached hydrogens (tertiary/aromatic N) is 1. The SMILES string of the molecule is O=C(O)C1CCN(C(=O)c2c[nH]c(=O)[nH]2)CC1. The van der Waals surface area contributed by atoms with Crippen molar-refractivity contribution >= 4 is 11.9 Å². The van der Waals surface area contributed by atoms with Crippen LogP contribution in [-0.4, -0.2) is 44.9 Å². The van der Waals surface area contributed by atoms with E-state index in [2.05, 4.69) is 9.97 Å². The number of carbonyl (C=O) groups is 2. The molecule has 1 saturated heterocycles. The van der Waals surface area contributed by atoms with Gasteiger partial charge in [-0.05, 0) is 12.8 Å². The summed E-state index contributed by atoms with van der Waals surface area (Å²) in [5, 5.41) is 8.83. The van der Waals surface area contributed by atoms with Crippen LogP contribution in [0.25, 0.3) is 0 Å². The van der Waals surface area contributed by atoms with Crippen molar-refractivity contribution in [2.45, 2.75) is 12.8 Å². The van der Waals surface area contributed by atoms with Gasteiger partial charge in [-0.15, -0.1) is 0 Å². The molecule has 0 radical (unpaired) electrons. The summed E-state index contributed by atoms with van der Waals surface area (Å²) in [6, 6.07) is 0. The lowest BCUT2D eigenvalue weighted by molar-refractivity contribution is -0.143. The number of hydrogen-bond donors (Lipinski definition) is 3. The van der Waals surface area contributed by atoms with Gasteiger partial charge in [-0.25, -0.2) is 4.79 Å². The Balaban J connectivity index is 1.99. The average molecular weight is 239 g/mol. The number of carboxylic acid groups (broad SMARTS) is 1. The first-order chi connectivity index (χ1) is 8.08. The summed E-state index contributed by atoms with van der Waals surface area (Å²) in [5.74, 6) is -1.45. The predicted molar refractivity (Wildman–Crippen MR) is 57.7 cm³/mol. The number of carbonyl (C=O) groups excluding carboxylic acids is 1. The molecule has 0 unspecified atom stereocenters. The van der Waals surface area contributed by atoms with Gasteiger partial charge in [0.25, 0.3) is 5.91 Å². The van der Waals surface area contributed by atoms with Crippen molar-refractivity contribution in [3.05, 3.63) is 22.4 Å². The summed E-state index contributed by atoms with van der Waals surface area (Å²) in [6.07, 6.45) is 2.24. The summed E-state index contributed by atoms with van der Waals surface area (Å²) in [5.41, 5.74) is -0.211. The summed E-state index contributed by atoms with van der Waals surface area (Å²) >= 11 is 0. The molecule has 0 saturated carbocycles. The monoisotopic (exact) mass is 239 g/mol. The summed E-state index contributed by atoms with van der Waals surface area (Å²) in [6.45, 7) is 0.812. The number of likely N-dealkylation sites (tertiary alicyclic amines) is 1. The lowest BCUT2D eigenvalue weighted by Gasteiger charge is -2.29. The van der Waals surface area contributed by atoms with Crippen LogP contribution in [0.5, 0.6) is 0 Å². The second-order valence-corrected chi connectivity index (χ2v) is 4.06. The van der Waals surface area contributed by atoms with Crippen molar-refractivity contribution in [2.75, 3.05) is 13.1 Å². The van der Waals surface area contributed by atoms with Crippen LogP contribution < -0.4 is 5.69 Å². The minimum absolute atomic E-state index is 0.212. The van der Waals surface area contributed by atoms with Crippen molar-refractivity contribution in [3.63, 3.8) is 0 Å². The van der Waals surface area contributed by atoms with Crippen LogP contribution in [0.4, 0.5) is 0 Å². The number of hydrogen-bond acceptors (Lipinski definition) is 3. The molecule has 3 N–H and O–H groups in total. The molecular formula is C10H13N3O4. The van der Waals surface area contributed by atoms with Gasteiger partial charge in [0.1, 0.15) is 5.69 Å². The number of aromatic nitrogens is 2. The molecule has 17 heavy (non-hydrogen) atoms. The fraction of sp³-hybridized carbons (Fsp3) is 0.500. The summed E-state index contributed by atoms with van der Waals surface area (Å²) in [7, 11) is 0. The Morgan fingerprint density at radius 3 is 2.47 bits per heavy atom. The first kappa shape index (κ1) is 11.4. The van der Waals surface area contributed by atoms with Crippen molar-refractivity contribution in [1.29, 1.82) is 0 Å². The zero-order chi connectivity index (χ0) is 12.4. The molecular weight excluding hydrogens is 226 g/mol. The van der Waals surface area contributed by atoms with E-state index in [0.717, 1.165) is 0 Å². The van der Waals surface area contributed by atoms with Gasteiger partial charge < -0.3 is 20.0 Å². The van der Waals surface area contributed by atoms with E-state index in [0.29, 0.717) is 25.9 Å². The van der Waals surface area contributed by atoms with Crippen LogP contribution in [0.15, 0.2) is 11.0 Å². The van der Waals surface area contributed by atoms with Gasteiger partial charge in [0.2, 0.25) is 0 Å². The maximum Gasteiger partial charge on any atom is 0.323 e. The Kier molecular flexibility index (Phi) is 2.99. The number of imidazole rings is 1. The van der Waals surface area contributed by atoms with Gasteiger partial charge in [0.05, 0.1) is 5.92 Å². The highest BCUT2D eigenvalue weighted by atomic mass is 16.4. The number of carboxylic acids is 1. The molecule has 0 spiro atoms. The smallest absolute Gasteiger partial charge is 0.323 e. The fourth-order valence-corrected chi connectivity index (χ4v) is 1.95. The maximum absolute atomic E-state index is 11.9. The molecule has 1 aromatic heterocycles. The number of rotatable bonds is 2. The molecule has 0 aliphatic carbocycles. The summed E-state index contributed by atoms with van der Waals surface area (Å²) < 4.78 is 0. The van der Waals surface area contributed by atoms with Crippen molar-refractivity contribution < 1.29 is 14.7 Å². The lowest BCUT2D eigenvalue weighted by atomic mass is 9.97. The Labute approximate surface area is 96.4 Å². The van der Waals surface area contributed by atoms with E-state index in [1.165, 1.54) is 6.20 Å². The predicted octanol–water partition coefficient (Wildman–Crippen LogP) is -0.360. The van der Waals surface area contributed by atoms with Gasteiger partial charge in [0, 0.05) is 19.3 Å². The number of nitrogens with one attached hydrogen (secondary N) is 2. The second kappa shape index (κ2) is 4.44. The van der Waals surface area contributed by atoms with Crippen molar-refractivity contribution in [1.82, 2.24) is 14.9 Å². The normalized spacial score (nSPS) is 17.1. The van der Waals surface area contributed by atoms with E-state index in [1.807, 2.05) is 0 Å². The number of aliphatic carboxylic acids is 1. The number of piperidine rings is 1. The zero-order valence-electron chi connectivity index (χ0n) is 9.10. The van der Waals surface area contributed by atoms with Gasteiger partial charge in [0.15, 0.2) is 0 Å². The minimum atomic E-state index is -0.813. The van der Waals surface area contributed by atoms with Crippen LogP contribution in [0.1, 0.15) is 23.3 Å². The number of H-pyrrole nitrogens is 2. The Hall–Kier alpha value is -2.05. The molecule has 7 heteroatoms. The highest BCUT2D eigenvalue weighted by molar-refractivity contribution is 5.92. The summed E-state index contributed by atoms with van der Waals surface area (Å²) in [4.78, 5) is 39.8. The molecule has 1 aromatic rings. The highest BCUT2D eigenvalue weighted by Gasteiger charge is 2.27. The topological polar surface area (TPSA) is 106 Å². The molecule has 0 atom stereocenters. The van der Waals surface area contributed by atoms with Crippen molar-refractivity contribution in [3.8, 4) is 0 Å². The van der Waals surface area contributed by atoms with Gasteiger partial charge in [-0.1, -0.05) is 0 Å². The standard InChI is InChI=1S/C10H13N3O4/c14-8(7-5-11-10(17)12-7)13-3-1-6(2-4-13)9(15)16/h5-6H,1-4H2,(H,15,16)(H2,11,12,17). The molecule has 1 aliphatic rings. The molecule has 92 valence electrons. The zero-order valence-corrected chi connectivity index (χ0v) is 9.10. The molecule has 2 heterocycles. The molecule has 0 aromatic carbocycles. The van der Waals surface area contributed by atoms with Crippen LogP contribution in [0.3, 0.4) is 0 Å². The van der Waals surface area contributed by atoms with Crippen molar-refractivity contribution in [2.24, 2.45) is 5.92 Å². The molecule has 1 aliphatic heterocycles. The first-order valence-corrected chi connectivity index (χ1v) is 5.37. The highest BCUT2D eigenvalue weighted by Crippen LogP contribution is 2.18. The quantitative estimate of drug-likeness (QED) is 0.655. The van der Waals surface area contributed by atoms with Crippen LogP contribution in [-0.2, 0) is 4.79 Å². The molecule has 2 rings (SSSR count). The fourth-order valence-electron chi connectivity index (χ4n) is 1.95. The van der Waals surface area contributed by atoms with Gasteiger partial charge >= 0.3 is 11.7 Å². The Bertz CT molecular complexity index is 482. The van der Waals surface area contributed by atoms with E-state index in [1.54, 1.807) is 4.90 Å². The average Bonchev–Trinajstić information content (AvgIpc) is 2.75. The Morgan fingerprint density at radius 2 is 2.00 bits per heavy atom. The largest absolute Gasteiger partial charge is 0.481 e. The van der Waals surface area contributed by atoms with Gasteiger partial charge in [-0.3, -0.25) is 9.59 Å². The van der Waals surface area contributed by atoms with Crippen LogP contribution >= 0.6 is 0 Å². The Morgan fingerprint density at radius 1 is 1.35 bits per heavy atom. The number of aromatic amines is 2. The third-order valence-corrected chi connectivity index (χ3v) is 2.96. The van der Waals surface area contributed by atoms with Gasteiger partial charge in [-0.2, -0.15) is 0 Å². The van der Waals surface area contributed by atoms with E-state index >= 15 is 0 Å².